The topological polar surface area (TPSA) is 37.4 Å². The highest BCUT2D eigenvalue weighted by atomic mass is 32.2. The van der Waals surface area contributed by atoms with E-state index in [0.717, 1.165) is 18.8 Å². The predicted octanol–water partition coefficient (Wildman–Crippen LogP) is 0.373. The quantitative estimate of drug-likeness (QED) is 0.618. The zero-order valence-electron chi connectivity index (χ0n) is 8.07. The fourth-order valence-corrected chi connectivity index (χ4v) is 3.95. The van der Waals surface area contributed by atoms with E-state index in [1.54, 1.807) is 0 Å². The molecule has 0 aromatic rings. The molecule has 0 aromatic heterocycles. The molecule has 0 saturated carbocycles. The summed E-state index contributed by atoms with van der Waals surface area (Å²) in [6.07, 6.45) is 1.81. The predicted molar refractivity (Wildman–Crippen MR) is 52.4 cm³/mol. The SMILES string of the molecule is CN1CC(C2CCS(=O)(=O)CC2)C1. The molecular weight excluding hydrogens is 186 g/mol. The van der Waals surface area contributed by atoms with Crippen molar-refractivity contribution in [3.05, 3.63) is 0 Å². The van der Waals surface area contributed by atoms with E-state index >= 15 is 0 Å². The molecule has 3 nitrogen and oxygen atoms in total. The smallest absolute Gasteiger partial charge is 0.150 e. The lowest BCUT2D eigenvalue weighted by Gasteiger charge is -2.42. The first-order valence-corrected chi connectivity index (χ1v) is 6.78. The Kier molecular flexibility index (Phi) is 2.36. The lowest BCUT2D eigenvalue weighted by Crippen LogP contribution is -2.48. The number of sulfone groups is 1. The van der Waals surface area contributed by atoms with E-state index in [1.807, 2.05) is 0 Å². The second-order valence-corrected chi connectivity index (χ2v) is 6.77. The molecule has 2 rings (SSSR count). The minimum atomic E-state index is -2.66. The van der Waals surface area contributed by atoms with Gasteiger partial charge in [0.25, 0.3) is 0 Å². The van der Waals surface area contributed by atoms with Crippen molar-refractivity contribution in [2.45, 2.75) is 12.8 Å². The third kappa shape index (κ3) is 2.05. The fraction of sp³-hybridized carbons (Fsp3) is 1.00. The zero-order valence-corrected chi connectivity index (χ0v) is 8.89. The van der Waals surface area contributed by atoms with Gasteiger partial charge in [0, 0.05) is 13.1 Å². The third-order valence-corrected chi connectivity index (χ3v) is 5.07. The maximum atomic E-state index is 11.2. The third-order valence-electron chi connectivity index (χ3n) is 3.36. The molecule has 13 heavy (non-hydrogen) atoms. The number of rotatable bonds is 1. The first kappa shape index (κ1) is 9.46. The first-order valence-electron chi connectivity index (χ1n) is 4.96. The molecular formula is C9H17NO2S. The Morgan fingerprint density at radius 1 is 1.08 bits per heavy atom. The molecule has 0 atom stereocenters. The first-order chi connectivity index (χ1) is 6.07. The van der Waals surface area contributed by atoms with Gasteiger partial charge in [0.05, 0.1) is 11.5 Å². The Bertz CT molecular complexity index is 266. The van der Waals surface area contributed by atoms with Gasteiger partial charge in [-0.2, -0.15) is 0 Å². The Hall–Kier alpha value is -0.0900. The second-order valence-electron chi connectivity index (χ2n) is 4.47. The van der Waals surface area contributed by atoms with Crippen LogP contribution in [0.15, 0.2) is 0 Å². The van der Waals surface area contributed by atoms with Crippen molar-refractivity contribution in [2.75, 3.05) is 31.6 Å². The number of hydrogen-bond donors (Lipinski definition) is 0. The van der Waals surface area contributed by atoms with Crippen LogP contribution < -0.4 is 0 Å². The van der Waals surface area contributed by atoms with Crippen molar-refractivity contribution in [3.63, 3.8) is 0 Å². The van der Waals surface area contributed by atoms with Gasteiger partial charge in [-0.25, -0.2) is 8.42 Å². The van der Waals surface area contributed by atoms with E-state index in [9.17, 15) is 8.42 Å². The molecule has 0 amide bonds. The van der Waals surface area contributed by atoms with Gasteiger partial charge >= 0.3 is 0 Å². The van der Waals surface area contributed by atoms with Gasteiger partial charge in [-0.05, 0) is 31.7 Å². The Balaban J connectivity index is 1.85. The highest BCUT2D eigenvalue weighted by molar-refractivity contribution is 7.91. The maximum absolute atomic E-state index is 11.2. The Labute approximate surface area is 80.0 Å². The van der Waals surface area contributed by atoms with Crippen LogP contribution in [0.5, 0.6) is 0 Å². The van der Waals surface area contributed by atoms with Crippen LogP contribution in [-0.4, -0.2) is 45.0 Å². The van der Waals surface area contributed by atoms with Gasteiger partial charge in [-0.15, -0.1) is 0 Å². The van der Waals surface area contributed by atoms with Crippen LogP contribution in [0.1, 0.15) is 12.8 Å². The summed E-state index contributed by atoms with van der Waals surface area (Å²) < 4.78 is 22.4. The van der Waals surface area contributed by atoms with Gasteiger partial charge in [0.1, 0.15) is 9.84 Å². The molecule has 0 radical (unpaired) electrons. The average molecular weight is 203 g/mol. The van der Waals surface area contributed by atoms with Crippen molar-refractivity contribution >= 4 is 9.84 Å². The van der Waals surface area contributed by atoms with E-state index in [4.69, 9.17) is 0 Å². The summed E-state index contributed by atoms with van der Waals surface area (Å²) in [4.78, 5) is 2.30. The summed E-state index contributed by atoms with van der Waals surface area (Å²) in [6.45, 7) is 2.34. The Morgan fingerprint density at radius 2 is 1.62 bits per heavy atom. The van der Waals surface area contributed by atoms with Gasteiger partial charge in [-0.3, -0.25) is 0 Å². The summed E-state index contributed by atoms with van der Waals surface area (Å²) in [5, 5.41) is 0. The lowest BCUT2D eigenvalue weighted by atomic mass is 9.82. The second kappa shape index (κ2) is 3.24. The van der Waals surface area contributed by atoms with Crippen LogP contribution in [-0.2, 0) is 9.84 Å². The molecule has 0 aliphatic carbocycles. The minimum Gasteiger partial charge on any atom is -0.306 e. The highest BCUT2D eigenvalue weighted by Crippen LogP contribution is 2.31. The largest absolute Gasteiger partial charge is 0.306 e. The highest BCUT2D eigenvalue weighted by Gasteiger charge is 2.34. The van der Waals surface area contributed by atoms with Crippen molar-refractivity contribution in [1.82, 2.24) is 4.90 Å². The molecule has 0 aromatic carbocycles. The van der Waals surface area contributed by atoms with Crippen LogP contribution in [0.25, 0.3) is 0 Å². The van der Waals surface area contributed by atoms with Gasteiger partial charge in [0.2, 0.25) is 0 Å². The normalized spacial score (nSPS) is 31.5. The molecule has 2 aliphatic heterocycles. The molecule has 2 fully saturated rings. The van der Waals surface area contributed by atoms with E-state index in [2.05, 4.69) is 11.9 Å². The van der Waals surface area contributed by atoms with E-state index in [-0.39, 0.29) is 0 Å². The van der Waals surface area contributed by atoms with Crippen molar-refractivity contribution in [3.8, 4) is 0 Å². The van der Waals surface area contributed by atoms with Crippen LogP contribution in [0.4, 0.5) is 0 Å². The molecule has 2 saturated heterocycles. The van der Waals surface area contributed by atoms with E-state index in [0.29, 0.717) is 17.4 Å². The zero-order chi connectivity index (χ0) is 9.47. The van der Waals surface area contributed by atoms with Gasteiger partial charge in [-0.1, -0.05) is 0 Å². The average Bonchev–Trinajstić information content (AvgIpc) is 2.00. The van der Waals surface area contributed by atoms with Crippen LogP contribution >= 0.6 is 0 Å². The van der Waals surface area contributed by atoms with Crippen LogP contribution in [0.2, 0.25) is 0 Å². The molecule has 0 spiro atoms. The summed E-state index contributed by atoms with van der Waals surface area (Å²) in [6, 6.07) is 0. The molecule has 2 aliphatic rings. The Morgan fingerprint density at radius 3 is 2.08 bits per heavy atom. The van der Waals surface area contributed by atoms with Crippen molar-refractivity contribution in [1.29, 1.82) is 0 Å². The number of likely N-dealkylation sites (tertiary alicyclic amines) is 1. The summed E-state index contributed by atoms with van der Waals surface area (Å²) in [5.74, 6) is 2.32. The molecule has 0 bridgehead atoms. The van der Waals surface area contributed by atoms with E-state index < -0.39 is 9.84 Å². The molecule has 76 valence electrons. The maximum Gasteiger partial charge on any atom is 0.150 e. The number of hydrogen-bond acceptors (Lipinski definition) is 3. The van der Waals surface area contributed by atoms with E-state index in [1.165, 1.54) is 13.1 Å². The van der Waals surface area contributed by atoms with Crippen LogP contribution in [0.3, 0.4) is 0 Å². The van der Waals surface area contributed by atoms with Gasteiger partial charge in [0.15, 0.2) is 0 Å². The molecule has 2 heterocycles. The standard InChI is InChI=1S/C9H17NO2S/c1-10-6-9(7-10)8-2-4-13(11,12)5-3-8/h8-9H,2-7H2,1H3. The lowest BCUT2D eigenvalue weighted by molar-refractivity contribution is 0.0781. The summed E-state index contributed by atoms with van der Waals surface area (Å²) in [7, 11) is -0.539. The monoisotopic (exact) mass is 203 g/mol. The molecule has 0 unspecified atom stereocenters. The summed E-state index contributed by atoms with van der Waals surface area (Å²) in [5.41, 5.74) is 0. The minimum absolute atomic E-state index is 0.428. The number of nitrogens with zero attached hydrogens (tertiary/aromatic N) is 1. The van der Waals surface area contributed by atoms with Gasteiger partial charge < -0.3 is 4.90 Å². The van der Waals surface area contributed by atoms with Crippen molar-refractivity contribution in [2.24, 2.45) is 11.8 Å². The summed E-state index contributed by atoms with van der Waals surface area (Å²) >= 11 is 0. The van der Waals surface area contributed by atoms with Crippen LogP contribution in [0, 0.1) is 11.8 Å². The molecule has 0 N–H and O–H groups in total. The fourth-order valence-electron chi connectivity index (χ4n) is 2.43. The van der Waals surface area contributed by atoms with Crippen molar-refractivity contribution < 1.29 is 8.42 Å². The molecule has 4 heteroatoms.